The van der Waals surface area contributed by atoms with Gasteiger partial charge in [-0.05, 0) is 26.8 Å². The number of hydrogen-bond acceptors (Lipinski definition) is 6. The van der Waals surface area contributed by atoms with Crippen LogP contribution in [0.25, 0.3) is 0 Å². The van der Waals surface area contributed by atoms with Gasteiger partial charge in [-0.3, -0.25) is 4.79 Å². The lowest BCUT2D eigenvalue weighted by molar-refractivity contribution is -0.128. The van der Waals surface area contributed by atoms with E-state index in [-0.39, 0.29) is 12.1 Å². The van der Waals surface area contributed by atoms with Crippen LogP contribution in [0, 0.1) is 0 Å². The Bertz CT molecular complexity index is 662. The summed E-state index contributed by atoms with van der Waals surface area (Å²) >= 11 is 6.12. The van der Waals surface area contributed by atoms with Crippen molar-refractivity contribution in [3.8, 4) is 5.75 Å². The highest BCUT2D eigenvalue weighted by Gasteiger charge is 2.37. The molecule has 1 atom stereocenters. The molecule has 0 bridgehead atoms. The first-order chi connectivity index (χ1) is 11.2. The number of carbonyl (C=O) groups is 2. The van der Waals surface area contributed by atoms with Gasteiger partial charge in [0.25, 0.3) is 5.91 Å². The van der Waals surface area contributed by atoms with Gasteiger partial charge in [0, 0.05) is 23.7 Å². The molecule has 1 unspecified atom stereocenters. The highest BCUT2D eigenvalue weighted by atomic mass is 35.5. The average molecular weight is 357 g/mol. The van der Waals surface area contributed by atoms with Gasteiger partial charge in [0.2, 0.25) is 6.10 Å². The lowest BCUT2D eigenvalue weighted by atomic mass is 9.97. The van der Waals surface area contributed by atoms with Crippen molar-refractivity contribution in [1.82, 2.24) is 0 Å². The zero-order valence-electron chi connectivity index (χ0n) is 14.1. The minimum Gasteiger partial charge on any atom is -0.489 e. The van der Waals surface area contributed by atoms with Gasteiger partial charge in [0.1, 0.15) is 12.4 Å². The smallest absolute Gasteiger partial charge is 0.489 e. The predicted molar refractivity (Wildman–Crippen MR) is 89.5 cm³/mol. The summed E-state index contributed by atoms with van der Waals surface area (Å²) in [6, 6.07) is 3.19. The molecule has 0 saturated heterocycles. The van der Waals surface area contributed by atoms with Gasteiger partial charge in [-0.2, -0.15) is 0 Å². The fourth-order valence-electron chi connectivity index (χ4n) is 2.44. The van der Waals surface area contributed by atoms with E-state index >= 15 is 0 Å². The van der Waals surface area contributed by atoms with Gasteiger partial charge < -0.3 is 24.8 Å². The number of ether oxygens (including phenoxy) is 3. The molecule has 24 heavy (non-hydrogen) atoms. The minimum atomic E-state index is -1.34. The molecule has 8 heteroatoms. The SMILES string of the molecule is CCOC(=O)OC(C(N)=O)c1cc(Cl)cc2c1N(C)C(C)(C)CO2. The Morgan fingerprint density at radius 1 is 1.46 bits per heavy atom. The van der Waals surface area contributed by atoms with Gasteiger partial charge >= 0.3 is 6.16 Å². The van der Waals surface area contributed by atoms with E-state index in [0.29, 0.717) is 28.6 Å². The first-order valence-electron chi connectivity index (χ1n) is 7.50. The number of primary amides is 1. The Morgan fingerprint density at radius 3 is 2.71 bits per heavy atom. The molecule has 2 rings (SSSR count). The molecule has 1 aromatic rings. The first-order valence-corrected chi connectivity index (χ1v) is 7.88. The number of anilines is 1. The maximum Gasteiger partial charge on any atom is 0.509 e. The Kier molecular flexibility index (Phi) is 5.13. The molecule has 132 valence electrons. The second-order valence-electron chi connectivity index (χ2n) is 6.09. The summed E-state index contributed by atoms with van der Waals surface area (Å²) in [4.78, 5) is 25.5. The number of hydrogen-bond donors (Lipinski definition) is 1. The van der Waals surface area contributed by atoms with E-state index in [4.69, 9.17) is 31.5 Å². The molecule has 7 nitrogen and oxygen atoms in total. The number of likely N-dealkylation sites (N-methyl/N-ethyl adjacent to an activating group) is 1. The summed E-state index contributed by atoms with van der Waals surface area (Å²) in [7, 11) is 1.86. The molecule has 0 radical (unpaired) electrons. The molecule has 1 amide bonds. The molecule has 1 heterocycles. The molecule has 1 aromatic carbocycles. The maximum absolute atomic E-state index is 11.9. The Labute approximate surface area is 145 Å². The Hall–Kier alpha value is -2.15. The summed E-state index contributed by atoms with van der Waals surface area (Å²) < 4.78 is 15.6. The van der Waals surface area contributed by atoms with Crippen LogP contribution in [-0.2, 0) is 14.3 Å². The van der Waals surface area contributed by atoms with Gasteiger partial charge in [-0.1, -0.05) is 11.6 Å². The van der Waals surface area contributed by atoms with Crippen LogP contribution in [0.4, 0.5) is 10.5 Å². The van der Waals surface area contributed by atoms with Crippen molar-refractivity contribution in [2.24, 2.45) is 5.73 Å². The van der Waals surface area contributed by atoms with Crippen molar-refractivity contribution >= 4 is 29.4 Å². The van der Waals surface area contributed by atoms with Crippen LogP contribution in [0.2, 0.25) is 5.02 Å². The fraction of sp³-hybridized carbons (Fsp3) is 0.500. The van der Waals surface area contributed by atoms with Gasteiger partial charge in [0.15, 0.2) is 0 Å². The molecule has 0 spiro atoms. The molecular formula is C16H21ClN2O5. The molecule has 0 aromatic heterocycles. The number of fused-ring (bicyclic) bond motifs is 1. The summed E-state index contributed by atoms with van der Waals surface area (Å²) in [5, 5.41) is 0.343. The van der Waals surface area contributed by atoms with Gasteiger partial charge in [0.05, 0.1) is 17.8 Å². The van der Waals surface area contributed by atoms with E-state index in [1.807, 2.05) is 25.8 Å². The molecule has 0 fully saturated rings. The van der Waals surface area contributed by atoms with Crippen LogP contribution >= 0.6 is 11.6 Å². The lowest BCUT2D eigenvalue weighted by Gasteiger charge is -2.43. The number of nitrogens with two attached hydrogens (primary N) is 1. The predicted octanol–water partition coefficient (Wildman–Crippen LogP) is 2.65. The van der Waals surface area contributed by atoms with Gasteiger partial charge in [-0.25, -0.2) is 4.79 Å². The quantitative estimate of drug-likeness (QED) is 0.834. The van der Waals surface area contributed by atoms with Crippen LogP contribution in [0.15, 0.2) is 12.1 Å². The highest BCUT2D eigenvalue weighted by molar-refractivity contribution is 6.31. The molecule has 2 N–H and O–H groups in total. The van der Waals surface area contributed by atoms with Gasteiger partial charge in [-0.15, -0.1) is 0 Å². The summed E-state index contributed by atoms with van der Waals surface area (Å²) in [6.07, 6.45) is -2.31. The number of amides is 1. The fourth-order valence-corrected chi connectivity index (χ4v) is 2.66. The van der Waals surface area contributed by atoms with Crippen molar-refractivity contribution in [3.63, 3.8) is 0 Å². The standard InChI is InChI=1S/C16H21ClN2O5/c1-5-22-15(21)24-13(14(18)20)10-6-9(17)7-11-12(10)19(4)16(2,3)8-23-11/h6-7,13H,5,8H2,1-4H3,(H2,18,20). The number of benzene rings is 1. The van der Waals surface area contributed by atoms with Crippen LogP contribution in [0.5, 0.6) is 5.75 Å². The number of carbonyl (C=O) groups excluding carboxylic acids is 2. The zero-order chi connectivity index (χ0) is 18.1. The van der Waals surface area contributed by atoms with Crippen molar-refractivity contribution in [2.45, 2.75) is 32.4 Å². The summed E-state index contributed by atoms with van der Waals surface area (Å²) in [5.74, 6) is -0.331. The lowest BCUT2D eigenvalue weighted by Crippen LogP contribution is -2.49. The third kappa shape index (κ3) is 3.51. The molecule has 0 saturated carbocycles. The first kappa shape index (κ1) is 18.2. The van der Waals surface area contributed by atoms with Crippen LogP contribution < -0.4 is 15.4 Å². The monoisotopic (exact) mass is 356 g/mol. The number of rotatable bonds is 4. The van der Waals surface area contributed by atoms with E-state index in [1.165, 1.54) is 6.07 Å². The summed E-state index contributed by atoms with van der Waals surface area (Å²) in [6.45, 7) is 6.16. The van der Waals surface area contributed by atoms with E-state index in [1.54, 1.807) is 13.0 Å². The Morgan fingerprint density at radius 2 is 2.12 bits per heavy atom. The molecular weight excluding hydrogens is 336 g/mol. The van der Waals surface area contributed by atoms with Crippen molar-refractivity contribution in [2.75, 3.05) is 25.2 Å². The topological polar surface area (TPSA) is 91.1 Å². The van der Waals surface area contributed by atoms with E-state index < -0.39 is 18.2 Å². The van der Waals surface area contributed by atoms with E-state index in [9.17, 15) is 9.59 Å². The number of nitrogens with zero attached hydrogens (tertiary/aromatic N) is 1. The zero-order valence-corrected chi connectivity index (χ0v) is 14.8. The van der Waals surface area contributed by atoms with E-state index in [0.717, 1.165) is 0 Å². The Balaban J connectivity index is 2.53. The largest absolute Gasteiger partial charge is 0.509 e. The normalized spacial score (nSPS) is 16.6. The van der Waals surface area contributed by atoms with Crippen LogP contribution in [-0.4, -0.2) is 37.9 Å². The second kappa shape index (κ2) is 6.76. The maximum atomic E-state index is 11.9. The third-order valence-electron chi connectivity index (χ3n) is 3.91. The minimum absolute atomic E-state index is 0.119. The highest BCUT2D eigenvalue weighted by Crippen LogP contribution is 2.44. The van der Waals surface area contributed by atoms with Crippen LogP contribution in [0.1, 0.15) is 32.4 Å². The molecule has 0 aliphatic carbocycles. The van der Waals surface area contributed by atoms with Crippen molar-refractivity contribution in [3.05, 3.63) is 22.7 Å². The van der Waals surface area contributed by atoms with Crippen molar-refractivity contribution < 1.29 is 23.8 Å². The second-order valence-corrected chi connectivity index (χ2v) is 6.52. The average Bonchev–Trinajstić information content (AvgIpc) is 2.48. The summed E-state index contributed by atoms with van der Waals surface area (Å²) in [5.41, 5.74) is 6.06. The molecule has 1 aliphatic rings. The van der Waals surface area contributed by atoms with Crippen LogP contribution in [0.3, 0.4) is 0 Å². The van der Waals surface area contributed by atoms with Crippen molar-refractivity contribution in [1.29, 1.82) is 0 Å². The molecule has 1 aliphatic heterocycles. The third-order valence-corrected chi connectivity index (χ3v) is 4.13. The van der Waals surface area contributed by atoms with E-state index in [2.05, 4.69) is 0 Å². The number of halogens is 1.